The van der Waals surface area contributed by atoms with Crippen LogP contribution in [0.2, 0.25) is 0 Å². The first-order chi connectivity index (χ1) is 12.5. The SMILES string of the molecule is CN1CCC(n2ncc3c2NC(=O)CC3c2ccc(N(C)C)cc2)CC1. The highest BCUT2D eigenvalue weighted by atomic mass is 16.1. The largest absolute Gasteiger partial charge is 0.378 e. The van der Waals surface area contributed by atoms with E-state index in [0.29, 0.717) is 12.5 Å². The first kappa shape index (κ1) is 17.1. The Balaban J connectivity index is 1.65. The summed E-state index contributed by atoms with van der Waals surface area (Å²) in [6.07, 6.45) is 4.58. The average Bonchev–Trinajstić information content (AvgIpc) is 3.05. The zero-order chi connectivity index (χ0) is 18.3. The zero-order valence-corrected chi connectivity index (χ0v) is 15.8. The molecule has 0 aliphatic carbocycles. The molecule has 1 aromatic carbocycles. The maximum absolute atomic E-state index is 12.4. The molecule has 0 spiro atoms. The second-order valence-corrected chi connectivity index (χ2v) is 7.72. The Morgan fingerprint density at radius 3 is 2.50 bits per heavy atom. The van der Waals surface area contributed by atoms with E-state index in [2.05, 4.69) is 56.2 Å². The third-order valence-electron chi connectivity index (χ3n) is 5.69. The van der Waals surface area contributed by atoms with Gasteiger partial charge in [-0.3, -0.25) is 4.79 Å². The van der Waals surface area contributed by atoms with Gasteiger partial charge < -0.3 is 15.1 Å². The predicted octanol–water partition coefficient (Wildman–Crippen LogP) is 2.69. The van der Waals surface area contributed by atoms with Crippen LogP contribution in [0.15, 0.2) is 30.5 Å². The van der Waals surface area contributed by atoms with Crippen LogP contribution in [0, 0.1) is 0 Å². The summed E-state index contributed by atoms with van der Waals surface area (Å²) in [5, 5.41) is 7.76. The quantitative estimate of drug-likeness (QED) is 0.922. The highest BCUT2D eigenvalue weighted by Gasteiger charge is 2.32. The lowest BCUT2D eigenvalue weighted by molar-refractivity contribution is -0.116. The molecule has 0 bridgehead atoms. The number of nitrogens with zero attached hydrogens (tertiary/aromatic N) is 4. The number of amides is 1. The molecule has 1 atom stereocenters. The van der Waals surface area contributed by atoms with Gasteiger partial charge >= 0.3 is 0 Å². The molecule has 2 aromatic rings. The molecule has 2 aliphatic heterocycles. The van der Waals surface area contributed by atoms with Crippen molar-refractivity contribution in [2.45, 2.75) is 31.2 Å². The van der Waals surface area contributed by atoms with Gasteiger partial charge in [0.1, 0.15) is 5.82 Å². The summed E-state index contributed by atoms with van der Waals surface area (Å²) in [5.41, 5.74) is 3.48. The molecule has 1 unspecified atom stereocenters. The molecule has 6 heteroatoms. The number of piperidine rings is 1. The number of carbonyl (C=O) groups excluding carboxylic acids is 1. The van der Waals surface area contributed by atoms with Crippen molar-refractivity contribution in [3.05, 3.63) is 41.6 Å². The molecule has 0 saturated carbocycles. The van der Waals surface area contributed by atoms with E-state index < -0.39 is 0 Å². The Labute approximate surface area is 154 Å². The topological polar surface area (TPSA) is 53.4 Å². The first-order valence-corrected chi connectivity index (χ1v) is 9.36. The molecular formula is C20H27N5O. The van der Waals surface area contributed by atoms with Crippen molar-refractivity contribution in [1.82, 2.24) is 14.7 Å². The Bertz CT molecular complexity index is 787. The molecule has 0 radical (unpaired) electrons. The van der Waals surface area contributed by atoms with Gasteiger partial charge in [-0.2, -0.15) is 5.10 Å². The lowest BCUT2D eigenvalue weighted by Gasteiger charge is -2.31. The molecule has 1 saturated heterocycles. The number of rotatable bonds is 3. The highest BCUT2D eigenvalue weighted by molar-refractivity contribution is 5.94. The van der Waals surface area contributed by atoms with Crippen LogP contribution < -0.4 is 10.2 Å². The van der Waals surface area contributed by atoms with Crippen molar-refractivity contribution in [3.8, 4) is 0 Å². The Hall–Kier alpha value is -2.34. The van der Waals surface area contributed by atoms with Gasteiger partial charge in [0.25, 0.3) is 0 Å². The fourth-order valence-electron chi connectivity index (χ4n) is 4.06. The highest BCUT2D eigenvalue weighted by Crippen LogP contribution is 2.39. The van der Waals surface area contributed by atoms with Crippen molar-refractivity contribution >= 4 is 17.4 Å². The van der Waals surface area contributed by atoms with Crippen LogP contribution in [-0.4, -0.2) is 54.8 Å². The normalized spacial score (nSPS) is 21.3. The van der Waals surface area contributed by atoms with E-state index in [1.165, 1.54) is 5.56 Å². The molecule has 1 fully saturated rings. The van der Waals surface area contributed by atoms with Crippen LogP contribution in [0.3, 0.4) is 0 Å². The van der Waals surface area contributed by atoms with Crippen molar-refractivity contribution in [2.24, 2.45) is 0 Å². The van der Waals surface area contributed by atoms with Gasteiger partial charge in [-0.05, 0) is 50.7 Å². The molecule has 6 nitrogen and oxygen atoms in total. The number of nitrogens with one attached hydrogen (secondary N) is 1. The van der Waals surface area contributed by atoms with Gasteiger partial charge in [-0.25, -0.2) is 4.68 Å². The van der Waals surface area contributed by atoms with Crippen LogP contribution >= 0.6 is 0 Å². The van der Waals surface area contributed by atoms with Crippen LogP contribution in [0.5, 0.6) is 0 Å². The number of carbonyl (C=O) groups is 1. The Morgan fingerprint density at radius 1 is 1.15 bits per heavy atom. The summed E-state index contributed by atoms with van der Waals surface area (Å²) >= 11 is 0. The minimum atomic E-state index is 0.0777. The molecule has 26 heavy (non-hydrogen) atoms. The molecule has 3 heterocycles. The molecule has 1 N–H and O–H groups in total. The van der Waals surface area contributed by atoms with E-state index in [-0.39, 0.29) is 11.8 Å². The summed E-state index contributed by atoms with van der Waals surface area (Å²) in [5.74, 6) is 1.06. The standard InChI is InChI=1S/C20H27N5O/c1-23(2)15-6-4-14(5-7-15)17-12-19(26)22-20-18(17)13-21-25(20)16-8-10-24(3)11-9-16/h4-7,13,16-17H,8-12H2,1-3H3,(H,22,26). The number of fused-ring (bicyclic) bond motifs is 1. The van der Waals surface area contributed by atoms with E-state index in [0.717, 1.165) is 43.0 Å². The molecular weight excluding hydrogens is 326 g/mol. The Kier molecular flexibility index (Phi) is 4.44. The van der Waals surface area contributed by atoms with Gasteiger partial charge in [-0.15, -0.1) is 0 Å². The minimum Gasteiger partial charge on any atom is -0.378 e. The molecule has 1 aromatic heterocycles. The third-order valence-corrected chi connectivity index (χ3v) is 5.69. The number of hydrogen-bond donors (Lipinski definition) is 1. The Morgan fingerprint density at radius 2 is 1.85 bits per heavy atom. The van der Waals surface area contributed by atoms with E-state index in [1.807, 2.05) is 20.3 Å². The number of anilines is 2. The van der Waals surface area contributed by atoms with Gasteiger partial charge in [-0.1, -0.05) is 12.1 Å². The lowest BCUT2D eigenvalue weighted by atomic mass is 9.87. The average molecular weight is 353 g/mol. The van der Waals surface area contributed by atoms with Crippen molar-refractivity contribution in [3.63, 3.8) is 0 Å². The fraction of sp³-hybridized carbons (Fsp3) is 0.500. The summed E-state index contributed by atoms with van der Waals surface area (Å²) in [4.78, 5) is 16.8. The number of benzene rings is 1. The van der Waals surface area contributed by atoms with Crippen LogP contribution in [-0.2, 0) is 4.79 Å². The summed E-state index contributed by atoms with van der Waals surface area (Å²) in [6.45, 7) is 2.14. The molecule has 1 amide bonds. The second kappa shape index (κ2) is 6.76. The second-order valence-electron chi connectivity index (χ2n) is 7.72. The van der Waals surface area contributed by atoms with Crippen LogP contribution in [0.25, 0.3) is 0 Å². The molecule has 138 valence electrons. The molecule has 2 aliphatic rings. The summed E-state index contributed by atoms with van der Waals surface area (Å²) in [7, 11) is 6.23. The maximum Gasteiger partial charge on any atom is 0.226 e. The van der Waals surface area contributed by atoms with E-state index in [1.54, 1.807) is 0 Å². The van der Waals surface area contributed by atoms with E-state index >= 15 is 0 Å². The van der Waals surface area contributed by atoms with Crippen LogP contribution in [0.1, 0.15) is 42.3 Å². The third kappa shape index (κ3) is 3.09. The van der Waals surface area contributed by atoms with E-state index in [4.69, 9.17) is 0 Å². The summed E-state index contributed by atoms with van der Waals surface area (Å²) < 4.78 is 2.06. The maximum atomic E-state index is 12.4. The number of hydrogen-bond acceptors (Lipinski definition) is 4. The van der Waals surface area contributed by atoms with Gasteiger partial charge in [0.15, 0.2) is 0 Å². The first-order valence-electron chi connectivity index (χ1n) is 9.36. The van der Waals surface area contributed by atoms with Crippen LogP contribution in [0.4, 0.5) is 11.5 Å². The number of aromatic nitrogens is 2. The summed E-state index contributed by atoms with van der Waals surface area (Å²) in [6, 6.07) is 8.86. The van der Waals surface area contributed by atoms with Crippen molar-refractivity contribution in [1.29, 1.82) is 0 Å². The number of likely N-dealkylation sites (tertiary alicyclic amines) is 1. The van der Waals surface area contributed by atoms with Gasteiger partial charge in [0.2, 0.25) is 5.91 Å². The van der Waals surface area contributed by atoms with E-state index in [9.17, 15) is 4.79 Å². The van der Waals surface area contributed by atoms with Gasteiger partial charge in [0, 0.05) is 37.7 Å². The molecule has 4 rings (SSSR count). The predicted molar refractivity (Wildman–Crippen MR) is 104 cm³/mol. The van der Waals surface area contributed by atoms with Crippen molar-refractivity contribution < 1.29 is 4.79 Å². The zero-order valence-electron chi connectivity index (χ0n) is 15.8. The minimum absolute atomic E-state index is 0.0777. The smallest absolute Gasteiger partial charge is 0.226 e. The fourth-order valence-corrected chi connectivity index (χ4v) is 4.06. The monoisotopic (exact) mass is 353 g/mol. The van der Waals surface area contributed by atoms with Gasteiger partial charge in [0.05, 0.1) is 12.2 Å². The lowest BCUT2D eigenvalue weighted by Crippen LogP contribution is -2.33. The van der Waals surface area contributed by atoms with Crippen molar-refractivity contribution in [2.75, 3.05) is 44.4 Å².